The van der Waals surface area contributed by atoms with Gasteiger partial charge < -0.3 is 0 Å². The first-order chi connectivity index (χ1) is 13.6. The highest BCUT2D eigenvalue weighted by Crippen LogP contribution is 2.33. The summed E-state index contributed by atoms with van der Waals surface area (Å²) >= 11 is 11.9. The van der Waals surface area contributed by atoms with E-state index in [1.807, 2.05) is 0 Å². The van der Waals surface area contributed by atoms with Crippen molar-refractivity contribution in [2.24, 2.45) is 0 Å². The molecule has 3 rings (SSSR count). The summed E-state index contributed by atoms with van der Waals surface area (Å²) in [5.41, 5.74) is -0.217. The number of benzene rings is 3. The summed E-state index contributed by atoms with van der Waals surface area (Å²) < 4.78 is 66.8. The van der Waals surface area contributed by atoms with E-state index in [-0.39, 0.29) is 12.2 Å². The van der Waals surface area contributed by atoms with Crippen molar-refractivity contribution >= 4 is 38.9 Å². The molecule has 0 amide bonds. The van der Waals surface area contributed by atoms with Crippen LogP contribution in [0, 0.1) is 0 Å². The Labute approximate surface area is 176 Å². The molecule has 0 saturated carbocycles. The summed E-state index contributed by atoms with van der Waals surface area (Å²) in [7, 11) is -4.32. The lowest BCUT2D eigenvalue weighted by Gasteiger charge is -2.25. The van der Waals surface area contributed by atoms with Gasteiger partial charge in [0.2, 0.25) is 0 Å². The third kappa shape index (κ3) is 5.04. The zero-order chi connectivity index (χ0) is 21.2. The molecule has 0 spiro atoms. The average Bonchev–Trinajstić information content (AvgIpc) is 2.67. The van der Waals surface area contributed by atoms with Crippen molar-refractivity contribution in [1.82, 2.24) is 0 Å². The lowest BCUT2D eigenvalue weighted by molar-refractivity contribution is -0.137. The Balaban J connectivity index is 2.10. The number of sulfonamides is 1. The lowest BCUT2D eigenvalue weighted by Crippen LogP contribution is -2.30. The van der Waals surface area contributed by atoms with E-state index >= 15 is 0 Å². The summed E-state index contributed by atoms with van der Waals surface area (Å²) in [5.74, 6) is 0. The maximum absolute atomic E-state index is 13.3. The van der Waals surface area contributed by atoms with E-state index in [0.717, 1.165) is 22.5 Å². The van der Waals surface area contributed by atoms with Gasteiger partial charge in [0, 0.05) is 10.0 Å². The number of rotatable bonds is 5. The fourth-order valence-electron chi connectivity index (χ4n) is 2.66. The fourth-order valence-corrected chi connectivity index (χ4v) is 4.46. The molecule has 29 heavy (non-hydrogen) atoms. The molecule has 0 bridgehead atoms. The van der Waals surface area contributed by atoms with E-state index < -0.39 is 26.7 Å². The number of hydrogen-bond acceptors (Lipinski definition) is 2. The van der Waals surface area contributed by atoms with Gasteiger partial charge in [0.05, 0.1) is 22.7 Å². The van der Waals surface area contributed by atoms with E-state index in [2.05, 4.69) is 0 Å². The normalized spacial score (nSPS) is 12.0. The summed E-state index contributed by atoms with van der Waals surface area (Å²) in [4.78, 5) is -0.471. The minimum absolute atomic E-state index is 0.115. The Hall–Kier alpha value is -2.22. The van der Waals surface area contributed by atoms with E-state index in [4.69, 9.17) is 23.2 Å². The number of hydrogen-bond donors (Lipinski definition) is 0. The maximum atomic E-state index is 13.3. The van der Waals surface area contributed by atoms with Crippen molar-refractivity contribution in [3.63, 3.8) is 0 Å². The molecular formula is C20H14Cl2F3NO2S. The standard InChI is InChI=1S/C20H14Cl2F3NO2S/c21-16-9-7-14(8-10-16)13-26(18-5-2-4-17(22)12-18)29(27,28)19-6-1-3-15(11-19)20(23,24)25/h1-12H,13H2. The van der Waals surface area contributed by atoms with Crippen LogP contribution in [0.15, 0.2) is 77.7 Å². The molecule has 0 aromatic heterocycles. The molecule has 9 heteroatoms. The van der Waals surface area contributed by atoms with E-state index in [0.29, 0.717) is 21.7 Å². The van der Waals surface area contributed by atoms with Crippen molar-refractivity contribution in [3.05, 3.63) is 94.0 Å². The van der Waals surface area contributed by atoms with Crippen LogP contribution >= 0.6 is 23.2 Å². The van der Waals surface area contributed by atoms with Crippen molar-refractivity contribution < 1.29 is 21.6 Å². The highest BCUT2D eigenvalue weighted by Gasteiger charge is 2.33. The van der Waals surface area contributed by atoms with Crippen molar-refractivity contribution in [1.29, 1.82) is 0 Å². The minimum atomic E-state index is -4.66. The molecule has 0 aliphatic rings. The monoisotopic (exact) mass is 459 g/mol. The van der Waals surface area contributed by atoms with Crippen LogP contribution < -0.4 is 4.31 Å². The largest absolute Gasteiger partial charge is 0.416 e. The second-order valence-electron chi connectivity index (χ2n) is 6.14. The second kappa shape index (κ2) is 8.26. The Morgan fingerprint density at radius 1 is 0.828 bits per heavy atom. The van der Waals surface area contributed by atoms with Crippen LogP contribution in [0.25, 0.3) is 0 Å². The van der Waals surface area contributed by atoms with Crippen molar-refractivity contribution in [2.75, 3.05) is 4.31 Å². The van der Waals surface area contributed by atoms with Gasteiger partial charge in [0.25, 0.3) is 10.0 Å². The highest BCUT2D eigenvalue weighted by atomic mass is 35.5. The van der Waals surface area contributed by atoms with Crippen LogP contribution in [0.5, 0.6) is 0 Å². The van der Waals surface area contributed by atoms with Gasteiger partial charge in [-0.05, 0) is 54.1 Å². The third-order valence-electron chi connectivity index (χ3n) is 4.08. The third-order valence-corrected chi connectivity index (χ3v) is 6.34. The Morgan fingerprint density at radius 2 is 1.48 bits per heavy atom. The average molecular weight is 460 g/mol. The number of anilines is 1. The summed E-state index contributed by atoms with van der Waals surface area (Å²) in [5, 5.41) is 0.770. The SMILES string of the molecule is O=S(=O)(c1cccc(C(F)(F)F)c1)N(Cc1ccc(Cl)cc1)c1cccc(Cl)c1. The molecule has 0 atom stereocenters. The van der Waals surface area contributed by atoms with Crippen LogP contribution in [-0.4, -0.2) is 8.42 Å². The predicted octanol–water partition coefficient (Wildman–Crippen LogP) is 6.41. The molecule has 0 N–H and O–H groups in total. The van der Waals surface area contributed by atoms with Gasteiger partial charge in [-0.15, -0.1) is 0 Å². The summed E-state index contributed by atoms with van der Waals surface area (Å²) in [6.07, 6.45) is -4.66. The van der Waals surface area contributed by atoms with Crippen LogP contribution in [0.3, 0.4) is 0 Å². The molecule has 0 aliphatic carbocycles. The van der Waals surface area contributed by atoms with Gasteiger partial charge in [-0.25, -0.2) is 8.42 Å². The van der Waals surface area contributed by atoms with Crippen LogP contribution in [-0.2, 0) is 22.7 Å². The predicted molar refractivity (Wildman–Crippen MR) is 108 cm³/mol. The van der Waals surface area contributed by atoms with Crippen molar-refractivity contribution in [2.45, 2.75) is 17.6 Å². The van der Waals surface area contributed by atoms with E-state index in [1.165, 1.54) is 12.1 Å². The van der Waals surface area contributed by atoms with Gasteiger partial charge in [-0.3, -0.25) is 4.31 Å². The molecule has 0 radical (unpaired) electrons. The van der Waals surface area contributed by atoms with Gasteiger partial charge in [0.15, 0.2) is 0 Å². The molecule has 3 aromatic rings. The molecule has 0 unspecified atom stereocenters. The Bertz CT molecular complexity index is 1120. The molecular weight excluding hydrogens is 446 g/mol. The topological polar surface area (TPSA) is 37.4 Å². The molecule has 0 aliphatic heterocycles. The van der Waals surface area contributed by atoms with Gasteiger partial charge in [-0.2, -0.15) is 13.2 Å². The van der Waals surface area contributed by atoms with Gasteiger partial charge in [-0.1, -0.05) is 47.5 Å². The quantitative estimate of drug-likeness (QED) is 0.442. The number of halogens is 5. The first-order valence-corrected chi connectivity index (χ1v) is 10.5. The molecule has 0 fully saturated rings. The molecule has 0 heterocycles. The zero-order valence-corrected chi connectivity index (χ0v) is 17.0. The first-order valence-electron chi connectivity index (χ1n) is 8.27. The molecule has 152 valence electrons. The van der Waals surface area contributed by atoms with Crippen LogP contribution in [0.2, 0.25) is 10.0 Å². The van der Waals surface area contributed by atoms with Crippen LogP contribution in [0.4, 0.5) is 18.9 Å². The fraction of sp³-hybridized carbons (Fsp3) is 0.100. The lowest BCUT2D eigenvalue weighted by atomic mass is 10.2. The summed E-state index contributed by atoms with van der Waals surface area (Å²) in [6, 6.07) is 16.2. The first kappa shape index (κ1) is 21.5. The number of nitrogens with zero attached hydrogens (tertiary/aromatic N) is 1. The smallest absolute Gasteiger partial charge is 0.262 e. The van der Waals surface area contributed by atoms with E-state index in [9.17, 15) is 21.6 Å². The molecule has 3 nitrogen and oxygen atoms in total. The number of alkyl halides is 3. The van der Waals surface area contributed by atoms with Crippen LogP contribution in [0.1, 0.15) is 11.1 Å². The van der Waals surface area contributed by atoms with Gasteiger partial charge in [0.1, 0.15) is 0 Å². The van der Waals surface area contributed by atoms with Gasteiger partial charge >= 0.3 is 6.18 Å². The minimum Gasteiger partial charge on any atom is -0.262 e. The molecule has 3 aromatic carbocycles. The zero-order valence-electron chi connectivity index (χ0n) is 14.7. The second-order valence-corrected chi connectivity index (χ2v) is 8.88. The summed E-state index contributed by atoms with van der Waals surface area (Å²) in [6.45, 7) is -0.115. The van der Waals surface area contributed by atoms with Crippen molar-refractivity contribution in [3.8, 4) is 0 Å². The molecule has 0 saturated heterocycles. The highest BCUT2D eigenvalue weighted by molar-refractivity contribution is 7.92. The Morgan fingerprint density at radius 3 is 2.10 bits per heavy atom. The maximum Gasteiger partial charge on any atom is 0.416 e. The van der Waals surface area contributed by atoms with E-state index in [1.54, 1.807) is 36.4 Å². The Kier molecular flexibility index (Phi) is 6.12.